The van der Waals surface area contributed by atoms with Crippen LogP contribution in [-0.4, -0.2) is 16.2 Å². The van der Waals surface area contributed by atoms with Gasteiger partial charge in [0.15, 0.2) is 6.61 Å². The molecule has 0 fully saturated rings. The SMILES string of the molecule is Cc1cccc(-c2nnc(COC(=O)c3ccccc3)o2)c1. The summed E-state index contributed by atoms with van der Waals surface area (Å²) in [7, 11) is 0. The molecular formula is C17H14N2O3. The minimum atomic E-state index is -0.420. The van der Waals surface area contributed by atoms with E-state index in [2.05, 4.69) is 10.2 Å². The first-order valence-electron chi connectivity index (χ1n) is 6.84. The summed E-state index contributed by atoms with van der Waals surface area (Å²) >= 11 is 0. The lowest BCUT2D eigenvalue weighted by Gasteiger charge is -2.01. The lowest BCUT2D eigenvalue weighted by molar-refractivity contribution is 0.0438. The molecule has 1 aromatic heterocycles. The Morgan fingerprint density at radius 3 is 2.68 bits per heavy atom. The van der Waals surface area contributed by atoms with Gasteiger partial charge in [0.1, 0.15) is 0 Å². The maximum Gasteiger partial charge on any atom is 0.338 e. The van der Waals surface area contributed by atoms with E-state index in [1.54, 1.807) is 24.3 Å². The van der Waals surface area contributed by atoms with Crippen LogP contribution in [0.4, 0.5) is 0 Å². The predicted octanol–water partition coefficient (Wildman–Crippen LogP) is 3.40. The zero-order valence-electron chi connectivity index (χ0n) is 12.0. The third-order valence-corrected chi connectivity index (χ3v) is 3.07. The zero-order valence-corrected chi connectivity index (χ0v) is 12.0. The average molecular weight is 294 g/mol. The number of carbonyl (C=O) groups is 1. The van der Waals surface area contributed by atoms with E-state index in [1.807, 2.05) is 37.3 Å². The van der Waals surface area contributed by atoms with Crippen molar-refractivity contribution in [3.05, 3.63) is 71.6 Å². The predicted molar refractivity (Wildman–Crippen MR) is 80.0 cm³/mol. The van der Waals surface area contributed by atoms with Crippen LogP contribution in [0.15, 0.2) is 59.0 Å². The van der Waals surface area contributed by atoms with Gasteiger partial charge in [0, 0.05) is 5.56 Å². The smallest absolute Gasteiger partial charge is 0.338 e. The summed E-state index contributed by atoms with van der Waals surface area (Å²) in [5.74, 6) is 0.256. The standard InChI is InChI=1S/C17H14N2O3/c1-12-6-5-9-14(10-12)16-19-18-15(22-16)11-21-17(20)13-7-3-2-4-8-13/h2-10H,11H2,1H3. The topological polar surface area (TPSA) is 65.2 Å². The van der Waals surface area contributed by atoms with E-state index < -0.39 is 5.97 Å². The summed E-state index contributed by atoms with van der Waals surface area (Å²) < 4.78 is 10.7. The second-order valence-corrected chi connectivity index (χ2v) is 4.81. The summed E-state index contributed by atoms with van der Waals surface area (Å²) in [6.07, 6.45) is 0. The first kappa shape index (κ1) is 14.0. The van der Waals surface area contributed by atoms with Gasteiger partial charge in [-0.25, -0.2) is 4.79 Å². The van der Waals surface area contributed by atoms with Crippen LogP contribution < -0.4 is 0 Å². The molecule has 0 bridgehead atoms. The third-order valence-electron chi connectivity index (χ3n) is 3.07. The second kappa shape index (κ2) is 6.22. The van der Waals surface area contributed by atoms with Crippen LogP contribution in [0.25, 0.3) is 11.5 Å². The van der Waals surface area contributed by atoms with Crippen molar-refractivity contribution < 1.29 is 13.9 Å². The number of hydrogen-bond donors (Lipinski definition) is 0. The number of hydrogen-bond acceptors (Lipinski definition) is 5. The molecule has 0 spiro atoms. The van der Waals surface area contributed by atoms with Gasteiger partial charge in [0.25, 0.3) is 5.89 Å². The fourth-order valence-corrected chi connectivity index (χ4v) is 1.99. The molecular weight excluding hydrogens is 280 g/mol. The first-order valence-corrected chi connectivity index (χ1v) is 6.84. The molecule has 0 saturated heterocycles. The van der Waals surface area contributed by atoms with E-state index in [-0.39, 0.29) is 12.5 Å². The van der Waals surface area contributed by atoms with E-state index >= 15 is 0 Å². The van der Waals surface area contributed by atoms with Crippen molar-refractivity contribution in [3.8, 4) is 11.5 Å². The second-order valence-electron chi connectivity index (χ2n) is 4.81. The largest absolute Gasteiger partial charge is 0.452 e. The molecule has 0 aliphatic heterocycles. The minimum Gasteiger partial charge on any atom is -0.452 e. The Balaban J connectivity index is 1.66. The van der Waals surface area contributed by atoms with Crippen LogP contribution in [0.2, 0.25) is 0 Å². The van der Waals surface area contributed by atoms with Gasteiger partial charge in [0.05, 0.1) is 5.56 Å². The molecule has 0 unspecified atom stereocenters. The fourth-order valence-electron chi connectivity index (χ4n) is 1.99. The molecule has 3 rings (SSSR count). The molecule has 0 amide bonds. The highest BCUT2D eigenvalue weighted by molar-refractivity contribution is 5.89. The van der Waals surface area contributed by atoms with Gasteiger partial charge in [-0.3, -0.25) is 0 Å². The van der Waals surface area contributed by atoms with Crippen LogP contribution in [0.1, 0.15) is 21.8 Å². The Hall–Kier alpha value is -2.95. The van der Waals surface area contributed by atoms with Gasteiger partial charge in [-0.1, -0.05) is 35.9 Å². The van der Waals surface area contributed by atoms with E-state index in [1.165, 1.54) is 0 Å². The normalized spacial score (nSPS) is 10.4. The maximum absolute atomic E-state index is 11.8. The van der Waals surface area contributed by atoms with E-state index in [4.69, 9.17) is 9.15 Å². The molecule has 22 heavy (non-hydrogen) atoms. The molecule has 5 heteroatoms. The summed E-state index contributed by atoms with van der Waals surface area (Å²) in [5, 5.41) is 7.86. The molecule has 3 aromatic rings. The number of nitrogens with zero attached hydrogens (tertiary/aromatic N) is 2. The average Bonchev–Trinajstić information content (AvgIpc) is 3.02. The summed E-state index contributed by atoms with van der Waals surface area (Å²) in [6.45, 7) is 1.94. The van der Waals surface area contributed by atoms with Gasteiger partial charge in [-0.2, -0.15) is 0 Å². The number of esters is 1. The van der Waals surface area contributed by atoms with Gasteiger partial charge in [-0.05, 0) is 31.2 Å². The lowest BCUT2D eigenvalue weighted by atomic mass is 10.1. The Bertz CT molecular complexity index is 781. The highest BCUT2D eigenvalue weighted by atomic mass is 16.5. The van der Waals surface area contributed by atoms with Crippen LogP contribution >= 0.6 is 0 Å². The zero-order chi connectivity index (χ0) is 15.4. The maximum atomic E-state index is 11.8. The number of ether oxygens (including phenoxy) is 1. The Morgan fingerprint density at radius 2 is 1.91 bits per heavy atom. The van der Waals surface area contributed by atoms with Gasteiger partial charge in [0.2, 0.25) is 5.89 Å². The summed E-state index contributed by atoms with van der Waals surface area (Å²) in [5.41, 5.74) is 2.43. The molecule has 0 aliphatic rings. The first-order chi connectivity index (χ1) is 10.7. The van der Waals surface area contributed by atoms with E-state index in [0.717, 1.165) is 11.1 Å². The van der Waals surface area contributed by atoms with Crippen molar-refractivity contribution in [1.29, 1.82) is 0 Å². The molecule has 0 saturated carbocycles. The van der Waals surface area contributed by atoms with Crippen molar-refractivity contribution in [2.75, 3.05) is 0 Å². The van der Waals surface area contributed by atoms with E-state index in [9.17, 15) is 4.79 Å². The summed E-state index contributed by atoms with van der Waals surface area (Å²) in [4.78, 5) is 11.8. The van der Waals surface area contributed by atoms with Gasteiger partial charge in [-0.15, -0.1) is 10.2 Å². The van der Waals surface area contributed by atoms with Crippen LogP contribution in [0.5, 0.6) is 0 Å². The molecule has 0 radical (unpaired) electrons. The van der Waals surface area contributed by atoms with E-state index in [0.29, 0.717) is 11.5 Å². The summed E-state index contributed by atoms with van der Waals surface area (Å²) in [6, 6.07) is 16.5. The lowest BCUT2D eigenvalue weighted by Crippen LogP contribution is -2.05. The van der Waals surface area contributed by atoms with Crippen LogP contribution in [0.3, 0.4) is 0 Å². The number of aromatic nitrogens is 2. The highest BCUT2D eigenvalue weighted by Gasteiger charge is 2.12. The van der Waals surface area contributed by atoms with Crippen molar-refractivity contribution >= 4 is 5.97 Å². The quantitative estimate of drug-likeness (QED) is 0.690. The fraction of sp³-hybridized carbons (Fsp3) is 0.118. The van der Waals surface area contributed by atoms with Crippen LogP contribution in [-0.2, 0) is 11.3 Å². The Labute approximate surface area is 127 Å². The van der Waals surface area contributed by atoms with Crippen LogP contribution in [0, 0.1) is 6.92 Å². The van der Waals surface area contributed by atoms with Gasteiger partial charge < -0.3 is 9.15 Å². The Morgan fingerprint density at radius 1 is 1.09 bits per heavy atom. The van der Waals surface area contributed by atoms with Crippen molar-refractivity contribution in [2.45, 2.75) is 13.5 Å². The highest BCUT2D eigenvalue weighted by Crippen LogP contribution is 2.19. The molecule has 2 aromatic carbocycles. The molecule has 1 heterocycles. The Kier molecular flexibility index (Phi) is 3.96. The van der Waals surface area contributed by atoms with Crippen molar-refractivity contribution in [3.63, 3.8) is 0 Å². The number of benzene rings is 2. The monoisotopic (exact) mass is 294 g/mol. The number of aryl methyl sites for hydroxylation is 1. The number of carbonyl (C=O) groups excluding carboxylic acids is 1. The molecule has 5 nitrogen and oxygen atoms in total. The van der Waals surface area contributed by atoms with Crippen molar-refractivity contribution in [2.24, 2.45) is 0 Å². The van der Waals surface area contributed by atoms with Crippen molar-refractivity contribution in [1.82, 2.24) is 10.2 Å². The molecule has 110 valence electrons. The molecule has 0 aliphatic carbocycles. The molecule has 0 atom stereocenters. The third kappa shape index (κ3) is 3.20. The van der Waals surface area contributed by atoms with Gasteiger partial charge >= 0.3 is 5.97 Å². The number of rotatable bonds is 4. The minimum absolute atomic E-state index is 0.0491. The molecule has 0 N–H and O–H groups in total.